The second-order valence-electron chi connectivity index (χ2n) is 6.79. The molecule has 0 unspecified atom stereocenters. The van der Waals surface area contributed by atoms with Gasteiger partial charge in [0, 0.05) is 13.1 Å². The third kappa shape index (κ3) is 5.32. The highest BCUT2D eigenvalue weighted by Gasteiger charge is 2.24. The van der Waals surface area contributed by atoms with Gasteiger partial charge in [0.25, 0.3) is 5.91 Å². The van der Waals surface area contributed by atoms with Crippen molar-refractivity contribution in [3.05, 3.63) is 46.3 Å². The minimum atomic E-state index is -0.583. The number of aromatic nitrogens is 2. The quantitative estimate of drug-likeness (QED) is 0.415. The maximum Gasteiger partial charge on any atom is 0.354 e. The van der Waals surface area contributed by atoms with Gasteiger partial charge in [0.1, 0.15) is 12.1 Å². The molecule has 1 aliphatic heterocycles. The van der Waals surface area contributed by atoms with Crippen molar-refractivity contribution < 1.29 is 14.5 Å². The maximum absolute atomic E-state index is 12.4. The Balaban J connectivity index is 1.66. The van der Waals surface area contributed by atoms with Gasteiger partial charge in [-0.3, -0.25) is 25.8 Å². The molecule has 3 N–H and O–H groups in total. The molecule has 1 aromatic carbocycles. The van der Waals surface area contributed by atoms with Crippen LogP contribution in [0, 0.1) is 10.1 Å². The molecule has 2 heterocycles. The summed E-state index contributed by atoms with van der Waals surface area (Å²) in [5.41, 5.74) is 4.89. The molecular weight excluding hydrogens is 390 g/mol. The predicted octanol–water partition coefficient (Wildman–Crippen LogP) is 2.05. The Morgan fingerprint density at radius 1 is 1.20 bits per heavy atom. The van der Waals surface area contributed by atoms with Gasteiger partial charge >= 0.3 is 5.69 Å². The van der Waals surface area contributed by atoms with Gasteiger partial charge in [-0.2, -0.15) is 0 Å². The summed E-state index contributed by atoms with van der Waals surface area (Å²) in [5.74, 6) is -0.145. The largest absolute Gasteiger partial charge is 0.496 e. The summed E-state index contributed by atoms with van der Waals surface area (Å²) >= 11 is 0. The average Bonchev–Trinajstić information content (AvgIpc) is 2.78. The zero-order valence-electron chi connectivity index (χ0n) is 16.8. The number of anilines is 2. The molecule has 0 aliphatic carbocycles. The van der Waals surface area contributed by atoms with E-state index in [1.165, 1.54) is 32.7 Å². The minimum absolute atomic E-state index is 0.0982. The normalized spacial score (nSPS) is 14.0. The third-order valence-electron chi connectivity index (χ3n) is 4.82. The SMILES string of the molecule is COc1ccccc1C(=O)NNc1ncnc(NCCN2CCCCC2)c1[N+](=O)[O-]. The third-order valence-corrected chi connectivity index (χ3v) is 4.82. The number of piperidine rings is 1. The van der Waals surface area contributed by atoms with E-state index in [2.05, 4.69) is 31.0 Å². The van der Waals surface area contributed by atoms with Gasteiger partial charge in [0.2, 0.25) is 11.6 Å². The van der Waals surface area contributed by atoms with Crippen LogP contribution in [-0.4, -0.2) is 59.0 Å². The smallest absolute Gasteiger partial charge is 0.354 e. The molecule has 1 aromatic heterocycles. The van der Waals surface area contributed by atoms with Crippen LogP contribution in [0.1, 0.15) is 29.6 Å². The molecule has 11 nitrogen and oxygen atoms in total. The molecule has 1 saturated heterocycles. The Bertz CT molecular complexity index is 887. The summed E-state index contributed by atoms with van der Waals surface area (Å²) in [4.78, 5) is 33.7. The summed E-state index contributed by atoms with van der Waals surface area (Å²) in [6.07, 6.45) is 4.80. The van der Waals surface area contributed by atoms with Gasteiger partial charge in [0.05, 0.1) is 17.6 Å². The van der Waals surface area contributed by atoms with Crippen molar-refractivity contribution in [3.8, 4) is 5.75 Å². The summed E-state index contributed by atoms with van der Waals surface area (Å²) in [7, 11) is 1.46. The van der Waals surface area contributed by atoms with Crippen LogP contribution in [0.25, 0.3) is 0 Å². The molecule has 2 aromatic rings. The fourth-order valence-corrected chi connectivity index (χ4v) is 3.30. The highest BCUT2D eigenvalue weighted by atomic mass is 16.6. The lowest BCUT2D eigenvalue weighted by Crippen LogP contribution is -2.34. The van der Waals surface area contributed by atoms with Gasteiger partial charge in [-0.15, -0.1) is 0 Å². The minimum Gasteiger partial charge on any atom is -0.496 e. The number of amides is 1. The van der Waals surface area contributed by atoms with Gasteiger partial charge in [-0.1, -0.05) is 18.6 Å². The number of para-hydroxylation sites is 1. The molecule has 0 bridgehead atoms. The molecule has 1 amide bonds. The molecule has 160 valence electrons. The number of carbonyl (C=O) groups excluding carboxylic acids is 1. The van der Waals surface area contributed by atoms with Crippen molar-refractivity contribution in [2.75, 3.05) is 44.0 Å². The van der Waals surface area contributed by atoms with Gasteiger partial charge in [0.15, 0.2) is 0 Å². The van der Waals surface area contributed by atoms with Gasteiger partial charge < -0.3 is 15.0 Å². The number of hydrogen-bond acceptors (Lipinski definition) is 9. The van der Waals surface area contributed by atoms with Crippen molar-refractivity contribution in [1.82, 2.24) is 20.3 Å². The number of rotatable bonds is 9. The van der Waals surface area contributed by atoms with Gasteiger partial charge in [-0.25, -0.2) is 9.97 Å². The van der Waals surface area contributed by atoms with E-state index in [4.69, 9.17) is 4.74 Å². The van der Waals surface area contributed by atoms with Gasteiger partial charge in [-0.05, 0) is 38.1 Å². The number of ether oxygens (including phenoxy) is 1. The second kappa shape index (κ2) is 10.3. The topological polar surface area (TPSA) is 135 Å². The number of nitrogens with zero attached hydrogens (tertiary/aromatic N) is 4. The summed E-state index contributed by atoms with van der Waals surface area (Å²) in [5, 5.41) is 14.6. The molecule has 0 radical (unpaired) electrons. The van der Waals surface area contributed by atoms with Crippen molar-refractivity contribution >= 4 is 23.2 Å². The first-order chi connectivity index (χ1) is 14.6. The number of nitrogens with one attached hydrogen (secondary N) is 3. The van der Waals surface area contributed by atoms with E-state index in [0.717, 1.165) is 19.6 Å². The lowest BCUT2D eigenvalue weighted by atomic mass is 10.1. The van der Waals surface area contributed by atoms with Crippen molar-refractivity contribution in [3.63, 3.8) is 0 Å². The van der Waals surface area contributed by atoms with E-state index in [1.807, 2.05) is 0 Å². The summed E-state index contributed by atoms with van der Waals surface area (Å²) in [6.45, 7) is 3.37. The van der Waals surface area contributed by atoms with Crippen LogP contribution in [0.4, 0.5) is 17.3 Å². The highest BCUT2D eigenvalue weighted by molar-refractivity contribution is 5.97. The zero-order chi connectivity index (χ0) is 21.3. The Morgan fingerprint density at radius 2 is 1.93 bits per heavy atom. The Kier molecular flexibility index (Phi) is 7.33. The lowest BCUT2D eigenvalue weighted by Gasteiger charge is -2.26. The van der Waals surface area contributed by atoms with Crippen molar-refractivity contribution in [2.24, 2.45) is 0 Å². The van der Waals surface area contributed by atoms with Crippen LogP contribution < -0.4 is 20.9 Å². The second-order valence-corrected chi connectivity index (χ2v) is 6.79. The maximum atomic E-state index is 12.4. The number of hydrazine groups is 1. The average molecular weight is 415 g/mol. The number of methoxy groups -OCH3 is 1. The summed E-state index contributed by atoms with van der Waals surface area (Å²) in [6, 6.07) is 6.65. The predicted molar refractivity (Wildman–Crippen MR) is 112 cm³/mol. The van der Waals surface area contributed by atoms with Crippen LogP contribution in [-0.2, 0) is 0 Å². The van der Waals surface area contributed by atoms with Crippen LogP contribution in [0.15, 0.2) is 30.6 Å². The van der Waals surface area contributed by atoms with E-state index in [1.54, 1.807) is 24.3 Å². The highest BCUT2D eigenvalue weighted by Crippen LogP contribution is 2.28. The Morgan fingerprint density at radius 3 is 2.67 bits per heavy atom. The molecule has 0 spiro atoms. The monoisotopic (exact) mass is 415 g/mol. The van der Waals surface area contributed by atoms with Crippen molar-refractivity contribution in [1.29, 1.82) is 0 Å². The first-order valence-corrected chi connectivity index (χ1v) is 9.75. The Hall–Kier alpha value is -3.47. The van der Waals surface area contributed by atoms with Crippen LogP contribution in [0.3, 0.4) is 0 Å². The first-order valence-electron chi connectivity index (χ1n) is 9.75. The number of likely N-dealkylation sites (tertiary alicyclic amines) is 1. The Labute approximate surface area is 174 Å². The molecular formula is C19H25N7O4. The van der Waals surface area contributed by atoms with E-state index in [-0.39, 0.29) is 22.9 Å². The first kappa shape index (κ1) is 21.2. The fraction of sp³-hybridized carbons (Fsp3) is 0.421. The molecule has 1 aliphatic rings. The van der Waals surface area contributed by atoms with Crippen LogP contribution in [0.2, 0.25) is 0 Å². The van der Waals surface area contributed by atoms with E-state index >= 15 is 0 Å². The zero-order valence-corrected chi connectivity index (χ0v) is 16.8. The molecule has 0 atom stereocenters. The van der Waals surface area contributed by atoms with Crippen LogP contribution >= 0.6 is 0 Å². The number of nitro groups is 1. The summed E-state index contributed by atoms with van der Waals surface area (Å²) < 4.78 is 5.16. The lowest BCUT2D eigenvalue weighted by molar-refractivity contribution is -0.383. The molecule has 30 heavy (non-hydrogen) atoms. The number of carbonyl (C=O) groups is 1. The standard InChI is InChI=1S/C19H25N7O4/c1-30-15-8-4-3-7-14(15)19(27)24-23-18-16(26(28)29)17(21-13-22-18)20-9-12-25-10-5-2-6-11-25/h3-4,7-8,13H,2,5-6,9-12H2,1H3,(H,24,27)(H2,20,21,22,23). The molecule has 3 rings (SSSR count). The molecule has 0 saturated carbocycles. The van der Waals surface area contributed by atoms with E-state index in [9.17, 15) is 14.9 Å². The number of hydrogen-bond donors (Lipinski definition) is 3. The van der Waals surface area contributed by atoms with Crippen molar-refractivity contribution in [2.45, 2.75) is 19.3 Å². The molecule has 11 heteroatoms. The number of benzene rings is 1. The fourth-order valence-electron chi connectivity index (χ4n) is 3.30. The van der Waals surface area contributed by atoms with E-state index in [0.29, 0.717) is 12.3 Å². The van der Waals surface area contributed by atoms with Crippen LogP contribution in [0.5, 0.6) is 5.75 Å². The van der Waals surface area contributed by atoms with E-state index < -0.39 is 10.8 Å². The molecule has 1 fully saturated rings.